The third-order valence-electron chi connectivity index (χ3n) is 4.56. The average Bonchev–Trinajstić information content (AvgIpc) is 3.03. The van der Waals surface area contributed by atoms with Crippen LogP contribution in [0.1, 0.15) is 44.1 Å². The van der Waals surface area contributed by atoms with Crippen molar-refractivity contribution in [3.05, 3.63) is 30.0 Å². The number of likely N-dealkylation sites (tertiary alicyclic amines) is 1. The Balaban J connectivity index is 1.58. The summed E-state index contributed by atoms with van der Waals surface area (Å²) >= 11 is 0. The molecular formula is C20H27N3O4. The molecule has 7 nitrogen and oxygen atoms in total. The van der Waals surface area contributed by atoms with Crippen LogP contribution in [0.15, 0.2) is 24.3 Å². The Morgan fingerprint density at radius 1 is 1.19 bits per heavy atom. The van der Waals surface area contributed by atoms with E-state index in [1.165, 1.54) is 0 Å². The number of alkyl carbamates (subject to hydrolysis) is 1. The van der Waals surface area contributed by atoms with Crippen LogP contribution in [0.4, 0.5) is 4.79 Å². The number of rotatable bonds is 3. The van der Waals surface area contributed by atoms with Crippen molar-refractivity contribution in [2.75, 3.05) is 20.2 Å². The van der Waals surface area contributed by atoms with Crippen molar-refractivity contribution in [3.63, 3.8) is 0 Å². The Bertz CT molecular complexity index is 829. The highest BCUT2D eigenvalue weighted by atomic mass is 16.6. The van der Waals surface area contributed by atoms with E-state index in [4.69, 9.17) is 9.47 Å². The molecule has 0 aliphatic carbocycles. The van der Waals surface area contributed by atoms with Gasteiger partial charge in [0.15, 0.2) is 0 Å². The van der Waals surface area contributed by atoms with Gasteiger partial charge in [0.1, 0.15) is 17.0 Å². The topological polar surface area (TPSA) is 83.7 Å². The Labute approximate surface area is 159 Å². The summed E-state index contributed by atoms with van der Waals surface area (Å²) in [5.74, 6) is 0.732. The summed E-state index contributed by atoms with van der Waals surface area (Å²) in [6.07, 6.45) is 1.01. The largest absolute Gasteiger partial charge is 0.497 e. The number of aromatic nitrogens is 1. The van der Waals surface area contributed by atoms with Crippen molar-refractivity contribution >= 4 is 22.9 Å². The van der Waals surface area contributed by atoms with Gasteiger partial charge in [0.25, 0.3) is 5.91 Å². The van der Waals surface area contributed by atoms with E-state index in [2.05, 4.69) is 10.3 Å². The second kappa shape index (κ2) is 7.50. The number of benzene rings is 1. The molecule has 3 rings (SSSR count). The van der Waals surface area contributed by atoms with Crippen molar-refractivity contribution in [2.45, 2.75) is 45.3 Å². The van der Waals surface area contributed by atoms with Gasteiger partial charge >= 0.3 is 6.09 Å². The maximum Gasteiger partial charge on any atom is 0.407 e. The van der Waals surface area contributed by atoms with E-state index >= 15 is 0 Å². The van der Waals surface area contributed by atoms with E-state index in [9.17, 15) is 9.59 Å². The number of carbonyl (C=O) groups excluding carboxylic acids is 2. The number of amides is 2. The molecule has 2 heterocycles. The van der Waals surface area contributed by atoms with Gasteiger partial charge in [-0.3, -0.25) is 4.79 Å². The number of nitrogens with zero attached hydrogens (tertiary/aromatic N) is 1. The summed E-state index contributed by atoms with van der Waals surface area (Å²) in [5.41, 5.74) is 0.955. The van der Waals surface area contributed by atoms with Crippen LogP contribution in [-0.4, -0.2) is 53.7 Å². The van der Waals surface area contributed by atoms with Crippen LogP contribution < -0.4 is 10.1 Å². The number of hydrogen-bond acceptors (Lipinski definition) is 4. The summed E-state index contributed by atoms with van der Waals surface area (Å²) in [6, 6.07) is 7.55. The first-order chi connectivity index (χ1) is 12.7. The molecule has 0 radical (unpaired) electrons. The molecule has 1 aromatic heterocycles. The lowest BCUT2D eigenvalue weighted by Crippen LogP contribution is -2.47. The Kier molecular flexibility index (Phi) is 5.30. The second-order valence-corrected chi connectivity index (χ2v) is 7.85. The summed E-state index contributed by atoms with van der Waals surface area (Å²) < 4.78 is 10.5. The van der Waals surface area contributed by atoms with E-state index in [0.29, 0.717) is 31.6 Å². The Hall–Kier alpha value is -2.70. The van der Waals surface area contributed by atoms with E-state index < -0.39 is 11.7 Å². The molecule has 0 unspecified atom stereocenters. The third kappa shape index (κ3) is 4.72. The fourth-order valence-corrected chi connectivity index (χ4v) is 3.22. The second-order valence-electron chi connectivity index (χ2n) is 7.85. The van der Waals surface area contributed by atoms with Crippen LogP contribution in [0.2, 0.25) is 0 Å². The first-order valence-electron chi connectivity index (χ1n) is 9.21. The Morgan fingerprint density at radius 3 is 2.52 bits per heavy atom. The highest BCUT2D eigenvalue weighted by Gasteiger charge is 2.27. The fourth-order valence-electron chi connectivity index (χ4n) is 3.22. The number of carbonyl (C=O) groups is 2. The fraction of sp³-hybridized carbons (Fsp3) is 0.500. The van der Waals surface area contributed by atoms with Gasteiger partial charge in [-0.05, 0) is 57.9 Å². The van der Waals surface area contributed by atoms with Crippen LogP contribution >= 0.6 is 0 Å². The summed E-state index contributed by atoms with van der Waals surface area (Å²) in [6.45, 7) is 6.70. The lowest BCUT2D eigenvalue weighted by Gasteiger charge is -2.32. The van der Waals surface area contributed by atoms with E-state index in [1.807, 2.05) is 49.9 Å². The van der Waals surface area contributed by atoms with Gasteiger partial charge < -0.3 is 24.7 Å². The number of ether oxygens (including phenoxy) is 2. The van der Waals surface area contributed by atoms with E-state index in [1.54, 1.807) is 7.11 Å². The predicted molar refractivity (Wildman–Crippen MR) is 103 cm³/mol. The zero-order valence-electron chi connectivity index (χ0n) is 16.3. The number of aromatic amines is 1. The zero-order chi connectivity index (χ0) is 19.6. The number of H-pyrrole nitrogens is 1. The molecule has 1 fully saturated rings. The minimum absolute atomic E-state index is 0.0240. The molecule has 2 aromatic rings. The molecule has 1 aliphatic rings. The maximum absolute atomic E-state index is 12.8. The normalized spacial score (nSPS) is 15.6. The Morgan fingerprint density at radius 2 is 1.89 bits per heavy atom. The molecule has 1 saturated heterocycles. The number of piperidine rings is 1. The van der Waals surface area contributed by atoms with Crippen molar-refractivity contribution in [2.24, 2.45) is 0 Å². The van der Waals surface area contributed by atoms with Gasteiger partial charge in [0.2, 0.25) is 0 Å². The summed E-state index contributed by atoms with van der Waals surface area (Å²) in [4.78, 5) is 29.7. The predicted octanol–water partition coefficient (Wildman–Crippen LogP) is 3.31. The highest BCUT2D eigenvalue weighted by Crippen LogP contribution is 2.23. The molecule has 146 valence electrons. The molecule has 1 aliphatic heterocycles. The van der Waals surface area contributed by atoms with Gasteiger partial charge in [0, 0.05) is 30.0 Å². The standard InChI is InChI=1S/C20H27N3O4/c1-20(2,3)27-19(25)21-14-7-9-23(10-8-14)18(24)17-12-13-11-15(26-4)5-6-16(13)22-17/h5-6,11-12,14,22H,7-10H2,1-4H3,(H,21,25). The van der Waals surface area contributed by atoms with Crippen LogP contribution in [0.5, 0.6) is 5.75 Å². The first-order valence-corrected chi connectivity index (χ1v) is 9.21. The molecule has 27 heavy (non-hydrogen) atoms. The van der Waals surface area contributed by atoms with Crippen molar-refractivity contribution in [1.82, 2.24) is 15.2 Å². The maximum atomic E-state index is 12.8. The third-order valence-corrected chi connectivity index (χ3v) is 4.56. The van der Waals surface area contributed by atoms with Gasteiger partial charge in [-0.15, -0.1) is 0 Å². The van der Waals surface area contributed by atoms with Gasteiger partial charge in [-0.1, -0.05) is 0 Å². The molecule has 2 N–H and O–H groups in total. The molecule has 0 atom stereocenters. The minimum atomic E-state index is -0.515. The molecule has 2 amide bonds. The molecule has 7 heteroatoms. The smallest absolute Gasteiger partial charge is 0.407 e. The first kappa shape index (κ1) is 19.1. The lowest BCUT2D eigenvalue weighted by atomic mass is 10.0. The summed E-state index contributed by atoms with van der Waals surface area (Å²) in [7, 11) is 1.62. The highest BCUT2D eigenvalue weighted by molar-refractivity contribution is 5.98. The molecular weight excluding hydrogens is 346 g/mol. The number of methoxy groups -OCH3 is 1. The van der Waals surface area contributed by atoms with Crippen LogP contribution in [0, 0.1) is 0 Å². The molecule has 0 spiro atoms. The van der Waals surface area contributed by atoms with E-state index in [-0.39, 0.29) is 11.9 Å². The molecule has 1 aromatic carbocycles. The minimum Gasteiger partial charge on any atom is -0.497 e. The average molecular weight is 373 g/mol. The number of nitrogens with one attached hydrogen (secondary N) is 2. The van der Waals surface area contributed by atoms with Crippen LogP contribution in [0.3, 0.4) is 0 Å². The number of fused-ring (bicyclic) bond motifs is 1. The van der Waals surface area contributed by atoms with Crippen LogP contribution in [0.25, 0.3) is 10.9 Å². The molecule has 0 saturated carbocycles. The quantitative estimate of drug-likeness (QED) is 0.865. The molecule has 0 bridgehead atoms. The van der Waals surface area contributed by atoms with Crippen molar-refractivity contribution in [3.8, 4) is 5.75 Å². The van der Waals surface area contributed by atoms with E-state index in [0.717, 1.165) is 16.7 Å². The van der Waals surface area contributed by atoms with Crippen molar-refractivity contribution in [1.29, 1.82) is 0 Å². The van der Waals surface area contributed by atoms with Gasteiger partial charge in [0.05, 0.1) is 7.11 Å². The monoisotopic (exact) mass is 373 g/mol. The van der Waals surface area contributed by atoms with Gasteiger partial charge in [-0.2, -0.15) is 0 Å². The lowest BCUT2D eigenvalue weighted by molar-refractivity contribution is 0.0473. The SMILES string of the molecule is COc1ccc2[nH]c(C(=O)N3CCC(NC(=O)OC(C)(C)C)CC3)cc2c1. The van der Waals surface area contributed by atoms with Crippen LogP contribution in [-0.2, 0) is 4.74 Å². The van der Waals surface area contributed by atoms with Crippen molar-refractivity contribution < 1.29 is 19.1 Å². The number of hydrogen-bond donors (Lipinski definition) is 2. The summed E-state index contributed by atoms with van der Waals surface area (Å²) in [5, 5.41) is 3.83. The zero-order valence-corrected chi connectivity index (χ0v) is 16.3. The van der Waals surface area contributed by atoms with Gasteiger partial charge in [-0.25, -0.2) is 4.79 Å².